The molecule has 2 amide bonds. The maximum atomic E-state index is 12.8. The summed E-state index contributed by atoms with van der Waals surface area (Å²) in [5, 5.41) is 14.2. The van der Waals surface area contributed by atoms with Gasteiger partial charge in [0, 0.05) is 61.4 Å². The molecule has 2 N–H and O–H groups in total. The molecule has 6 rings (SSSR count). The van der Waals surface area contributed by atoms with Crippen molar-refractivity contribution in [2.75, 3.05) is 30.4 Å². The highest BCUT2D eigenvalue weighted by Crippen LogP contribution is 2.43. The minimum absolute atomic E-state index is 0.0715. The molecular weight excluding hydrogens is 424 g/mol. The van der Waals surface area contributed by atoms with E-state index in [4.69, 9.17) is 0 Å². The lowest BCUT2D eigenvalue weighted by Crippen LogP contribution is -2.36. The maximum absolute atomic E-state index is 12.8. The predicted molar refractivity (Wildman–Crippen MR) is 122 cm³/mol. The number of nitrogens with zero attached hydrogens (tertiary/aromatic N) is 6. The van der Waals surface area contributed by atoms with Gasteiger partial charge in [0.15, 0.2) is 0 Å². The van der Waals surface area contributed by atoms with Crippen molar-refractivity contribution >= 4 is 39.4 Å². The second-order valence-electron chi connectivity index (χ2n) is 9.20. The topological polar surface area (TPSA) is 114 Å². The van der Waals surface area contributed by atoms with E-state index in [1.807, 2.05) is 17.2 Å². The van der Waals surface area contributed by atoms with E-state index in [2.05, 4.69) is 42.7 Å². The summed E-state index contributed by atoms with van der Waals surface area (Å²) in [5.41, 5.74) is 2.34. The van der Waals surface area contributed by atoms with E-state index in [1.54, 1.807) is 6.20 Å². The summed E-state index contributed by atoms with van der Waals surface area (Å²) in [6.45, 7) is 1.52. The van der Waals surface area contributed by atoms with Crippen molar-refractivity contribution in [2.24, 2.45) is 11.8 Å². The fraction of sp³-hybridized carbons (Fsp3) is 0.500. The Morgan fingerprint density at radius 3 is 2.84 bits per heavy atom. The predicted octanol–water partition coefficient (Wildman–Crippen LogP) is 3.54. The zero-order valence-corrected chi connectivity index (χ0v) is 18.6. The highest BCUT2D eigenvalue weighted by Gasteiger charge is 2.44. The standard InChI is InChI=1S/C22H24N8OS/c1-29(18-15(8-23)9-25-20-17(18)4-5-24-20)16-6-13-10-30(11-14(13)7-16)22(31)27-21-26-19(28-32-21)12-2-3-12/h4-5,9,12-14,16H,2-3,6-7,10-11H2,1H3,(H,24,25)(H,26,27,28,31)/t13-,14+,16+. The Hall–Kier alpha value is -3.19. The van der Waals surface area contributed by atoms with Crippen LogP contribution >= 0.6 is 11.5 Å². The van der Waals surface area contributed by atoms with Gasteiger partial charge in [-0.3, -0.25) is 5.32 Å². The molecule has 3 fully saturated rings. The van der Waals surface area contributed by atoms with E-state index in [1.165, 1.54) is 11.5 Å². The molecule has 3 aromatic rings. The maximum Gasteiger partial charge on any atom is 0.323 e. The number of carbonyl (C=O) groups is 1. The fourth-order valence-corrected chi connectivity index (χ4v) is 5.99. The van der Waals surface area contributed by atoms with Crippen LogP contribution in [-0.2, 0) is 0 Å². The number of nitriles is 1. The normalized spacial score (nSPS) is 24.5. The second-order valence-corrected chi connectivity index (χ2v) is 9.95. The van der Waals surface area contributed by atoms with Crippen molar-refractivity contribution in [3.8, 4) is 6.07 Å². The highest BCUT2D eigenvalue weighted by atomic mass is 32.1. The molecule has 1 saturated heterocycles. The molecular formula is C22H24N8OS. The highest BCUT2D eigenvalue weighted by molar-refractivity contribution is 7.09. The minimum atomic E-state index is -0.0715. The van der Waals surface area contributed by atoms with Gasteiger partial charge in [0.1, 0.15) is 17.5 Å². The van der Waals surface area contributed by atoms with Gasteiger partial charge in [-0.1, -0.05) is 0 Å². The number of hydrogen-bond acceptors (Lipinski definition) is 7. The van der Waals surface area contributed by atoms with Gasteiger partial charge in [-0.25, -0.2) is 14.8 Å². The summed E-state index contributed by atoms with van der Waals surface area (Å²) in [6.07, 6.45) is 7.83. The van der Waals surface area contributed by atoms with E-state index in [0.717, 1.165) is 61.3 Å². The lowest BCUT2D eigenvalue weighted by Gasteiger charge is -2.29. The summed E-state index contributed by atoms with van der Waals surface area (Å²) in [7, 11) is 2.08. The number of pyridine rings is 1. The smallest absolute Gasteiger partial charge is 0.323 e. The first kappa shape index (κ1) is 19.5. The Kier molecular flexibility index (Phi) is 4.54. The van der Waals surface area contributed by atoms with Crippen molar-refractivity contribution in [1.82, 2.24) is 24.2 Å². The van der Waals surface area contributed by atoms with Crippen molar-refractivity contribution in [1.29, 1.82) is 5.26 Å². The average molecular weight is 449 g/mol. The van der Waals surface area contributed by atoms with Crippen molar-refractivity contribution < 1.29 is 4.79 Å². The van der Waals surface area contributed by atoms with Crippen LogP contribution in [0, 0.1) is 23.2 Å². The quantitative estimate of drug-likeness (QED) is 0.631. The number of carbonyl (C=O) groups excluding carboxylic acids is 1. The summed E-state index contributed by atoms with van der Waals surface area (Å²) < 4.78 is 4.37. The number of hydrogen-bond donors (Lipinski definition) is 2. The number of likely N-dealkylation sites (tertiary alicyclic amines) is 1. The molecule has 4 heterocycles. The largest absolute Gasteiger partial charge is 0.370 e. The Morgan fingerprint density at radius 2 is 2.12 bits per heavy atom. The molecule has 2 saturated carbocycles. The van der Waals surface area contributed by atoms with Crippen molar-refractivity contribution in [2.45, 2.75) is 37.6 Å². The van der Waals surface area contributed by atoms with Crippen LogP contribution < -0.4 is 10.2 Å². The molecule has 0 radical (unpaired) electrons. The van der Waals surface area contributed by atoms with Gasteiger partial charge in [0.2, 0.25) is 5.13 Å². The number of aromatic amines is 1. The number of urea groups is 1. The third kappa shape index (κ3) is 3.28. The molecule has 3 atom stereocenters. The number of anilines is 2. The van der Waals surface area contributed by atoms with Crippen LogP contribution in [0.25, 0.3) is 11.0 Å². The lowest BCUT2D eigenvalue weighted by atomic mass is 10.0. The van der Waals surface area contributed by atoms with E-state index in [-0.39, 0.29) is 6.03 Å². The first-order chi connectivity index (χ1) is 15.6. The molecule has 9 nitrogen and oxygen atoms in total. The van der Waals surface area contributed by atoms with Crippen LogP contribution in [0.5, 0.6) is 0 Å². The molecule has 10 heteroatoms. The van der Waals surface area contributed by atoms with Gasteiger partial charge in [0.25, 0.3) is 0 Å². The summed E-state index contributed by atoms with van der Waals surface area (Å²) in [4.78, 5) is 28.9. The zero-order valence-electron chi connectivity index (χ0n) is 17.8. The van der Waals surface area contributed by atoms with Crippen LogP contribution in [0.3, 0.4) is 0 Å². The zero-order chi connectivity index (χ0) is 21.8. The second kappa shape index (κ2) is 7.45. The van der Waals surface area contributed by atoms with E-state index < -0.39 is 0 Å². The average Bonchev–Trinajstić information content (AvgIpc) is 3.17. The SMILES string of the molecule is CN(c1c(C#N)cnc2[nH]ccc12)[C@H]1C[C@@H]2CN(C(=O)Nc3nc(C4CC4)ns3)C[C@@H]2C1. The number of nitrogens with one attached hydrogen (secondary N) is 2. The van der Waals surface area contributed by atoms with Crippen LogP contribution in [0.2, 0.25) is 0 Å². The van der Waals surface area contributed by atoms with Crippen molar-refractivity contribution in [3.05, 3.63) is 29.8 Å². The van der Waals surface area contributed by atoms with Gasteiger partial charge < -0.3 is 14.8 Å². The molecule has 0 aromatic carbocycles. The first-order valence-electron chi connectivity index (χ1n) is 11.1. The summed E-state index contributed by atoms with van der Waals surface area (Å²) in [5.74, 6) is 2.31. The third-order valence-electron chi connectivity index (χ3n) is 7.19. The Bertz CT molecular complexity index is 1210. The molecule has 1 aliphatic heterocycles. The van der Waals surface area contributed by atoms with Crippen molar-refractivity contribution in [3.63, 3.8) is 0 Å². The molecule has 3 aromatic heterocycles. The van der Waals surface area contributed by atoms with Gasteiger partial charge >= 0.3 is 6.03 Å². The molecule has 0 bridgehead atoms. The number of amides is 2. The Morgan fingerprint density at radius 1 is 1.34 bits per heavy atom. The van der Waals surface area contributed by atoms with Crippen LogP contribution in [-0.4, -0.2) is 56.4 Å². The molecule has 2 aliphatic carbocycles. The van der Waals surface area contributed by atoms with Crippen LogP contribution in [0.1, 0.15) is 43.0 Å². The van der Waals surface area contributed by atoms with E-state index >= 15 is 0 Å². The first-order valence-corrected chi connectivity index (χ1v) is 11.9. The third-order valence-corrected chi connectivity index (χ3v) is 7.84. The van der Waals surface area contributed by atoms with E-state index in [0.29, 0.717) is 34.5 Å². The van der Waals surface area contributed by atoms with Gasteiger partial charge in [-0.05, 0) is 43.6 Å². The summed E-state index contributed by atoms with van der Waals surface area (Å²) in [6, 6.07) is 4.55. The van der Waals surface area contributed by atoms with E-state index in [9.17, 15) is 10.1 Å². The minimum Gasteiger partial charge on any atom is -0.370 e. The Labute approximate surface area is 189 Å². The molecule has 164 valence electrons. The van der Waals surface area contributed by atoms with Crippen LogP contribution in [0.15, 0.2) is 18.5 Å². The van der Waals surface area contributed by atoms with Crippen LogP contribution in [0.4, 0.5) is 15.6 Å². The van der Waals surface area contributed by atoms with Gasteiger partial charge in [-0.2, -0.15) is 9.64 Å². The number of rotatable bonds is 4. The fourth-order valence-electron chi connectivity index (χ4n) is 5.35. The molecule has 3 aliphatic rings. The van der Waals surface area contributed by atoms with Gasteiger partial charge in [-0.15, -0.1) is 0 Å². The molecule has 32 heavy (non-hydrogen) atoms. The molecule has 0 unspecified atom stereocenters. The monoisotopic (exact) mass is 448 g/mol. The van der Waals surface area contributed by atoms with Gasteiger partial charge in [0.05, 0.1) is 11.3 Å². The number of fused-ring (bicyclic) bond motifs is 2. The summed E-state index contributed by atoms with van der Waals surface area (Å²) >= 11 is 1.27. The number of aromatic nitrogens is 4. The molecule has 0 spiro atoms. The number of H-pyrrole nitrogens is 1. The Balaban J connectivity index is 1.12. The lowest BCUT2D eigenvalue weighted by molar-refractivity contribution is 0.218.